The molecular weight excluding hydrogens is 320 g/mol. The predicted octanol–water partition coefficient (Wildman–Crippen LogP) is 4.85. The lowest BCUT2D eigenvalue weighted by Crippen LogP contribution is -2.13. The molecule has 0 spiro atoms. The molecule has 2 aromatic carbocycles. The van der Waals surface area contributed by atoms with Gasteiger partial charge in [0.15, 0.2) is 0 Å². The fourth-order valence-corrected chi connectivity index (χ4v) is 3.01. The second-order valence-corrected chi connectivity index (χ2v) is 6.18. The maximum atomic E-state index is 12.4. The molecule has 3 rings (SSSR count). The van der Waals surface area contributed by atoms with Crippen LogP contribution >= 0.6 is 11.6 Å². The zero-order valence-corrected chi connectivity index (χ0v) is 14.1. The maximum Gasteiger partial charge on any atom is 0.266 e. The van der Waals surface area contributed by atoms with Gasteiger partial charge in [0.2, 0.25) is 0 Å². The molecule has 0 unspecified atom stereocenters. The minimum Gasteiger partial charge on any atom is -0.321 e. The molecule has 3 nitrogen and oxygen atoms in total. The molecule has 4 heteroatoms. The molecular formula is C20H15ClN2O. The van der Waals surface area contributed by atoms with Gasteiger partial charge in [0.05, 0.1) is 0 Å². The summed E-state index contributed by atoms with van der Waals surface area (Å²) in [5, 5.41) is 9.94. The van der Waals surface area contributed by atoms with Gasteiger partial charge in [-0.3, -0.25) is 4.79 Å². The van der Waals surface area contributed by atoms with Crippen LogP contribution in [0.1, 0.15) is 16.7 Å². The summed E-state index contributed by atoms with van der Waals surface area (Å²) in [6, 6.07) is 17.0. The van der Waals surface area contributed by atoms with Crippen LogP contribution in [0.2, 0.25) is 5.02 Å². The van der Waals surface area contributed by atoms with Gasteiger partial charge < -0.3 is 4.98 Å². The number of hydrogen-bond acceptors (Lipinski definition) is 2. The molecule has 118 valence electrons. The minimum absolute atomic E-state index is 0.0887. The van der Waals surface area contributed by atoms with E-state index in [1.54, 1.807) is 18.2 Å². The summed E-state index contributed by atoms with van der Waals surface area (Å²) in [5.41, 5.74) is 4.86. The van der Waals surface area contributed by atoms with Crippen molar-refractivity contribution >= 4 is 11.6 Å². The molecule has 0 saturated heterocycles. The van der Waals surface area contributed by atoms with Crippen LogP contribution in [0.4, 0.5) is 0 Å². The first-order valence-electron chi connectivity index (χ1n) is 7.50. The third-order valence-electron chi connectivity index (χ3n) is 3.95. The average Bonchev–Trinajstić information content (AvgIpc) is 2.54. The van der Waals surface area contributed by atoms with Crippen LogP contribution in [-0.4, -0.2) is 4.98 Å². The van der Waals surface area contributed by atoms with Crippen molar-refractivity contribution in [1.29, 1.82) is 5.26 Å². The fourth-order valence-electron chi connectivity index (χ4n) is 2.82. The Morgan fingerprint density at radius 2 is 1.83 bits per heavy atom. The van der Waals surface area contributed by atoms with Crippen molar-refractivity contribution in [2.45, 2.75) is 13.8 Å². The molecule has 1 N–H and O–H groups in total. The zero-order valence-electron chi connectivity index (χ0n) is 13.4. The Labute approximate surface area is 145 Å². The molecule has 0 atom stereocenters. The lowest BCUT2D eigenvalue weighted by Gasteiger charge is -2.11. The third-order valence-corrected chi connectivity index (χ3v) is 4.19. The van der Waals surface area contributed by atoms with Gasteiger partial charge in [-0.05, 0) is 43.2 Å². The Kier molecular flexibility index (Phi) is 4.24. The van der Waals surface area contributed by atoms with Gasteiger partial charge in [-0.2, -0.15) is 5.26 Å². The van der Waals surface area contributed by atoms with E-state index in [9.17, 15) is 10.1 Å². The number of hydrogen-bond donors (Lipinski definition) is 1. The Hall–Kier alpha value is -2.83. The van der Waals surface area contributed by atoms with Crippen molar-refractivity contribution in [2.75, 3.05) is 0 Å². The molecule has 0 aliphatic heterocycles. The lowest BCUT2D eigenvalue weighted by molar-refractivity contribution is 1.21. The summed E-state index contributed by atoms with van der Waals surface area (Å²) in [4.78, 5) is 15.2. The third kappa shape index (κ3) is 2.97. The van der Waals surface area contributed by atoms with Crippen molar-refractivity contribution in [1.82, 2.24) is 4.98 Å². The van der Waals surface area contributed by atoms with Crippen molar-refractivity contribution in [3.8, 4) is 28.5 Å². The summed E-state index contributed by atoms with van der Waals surface area (Å²) in [7, 11) is 0. The highest BCUT2D eigenvalue weighted by atomic mass is 35.5. The normalized spacial score (nSPS) is 10.4. The number of benzene rings is 2. The quantitative estimate of drug-likeness (QED) is 0.728. The maximum absolute atomic E-state index is 12.4. The van der Waals surface area contributed by atoms with E-state index < -0.39 is 5.56 Å². The van der Waals surface area contributed by atoms with E-state index in [2.05, 4.69) is 11.1 Å². The topological polar surface area (TPSA) is 56.6 Å². The van der Waals surface area contributed by atoms with E-state index in [-0.39, 0.29) is 5.56 Å². The number of H-pyrrole nitrogens is 1. The Bertz CT molecular complexity index is 1030. The highest BCUT2D eigenvalue weighted by Gasteiger charge is 2.13. The molecule has 3 aromatic rings. The summed E-state index contributed by atoms with van der Waals surface area (Å²) >= 11 is 6.06. The summed E-state index contributed by atoms with van der Waals surface area (Å²) in [6.07, 6.45) is 0. The monoisotopic (exact) mass is 334 g/mol. The smallest absolute Gasteiger partial charge is 0.266 e. The molecule has 0 aliphatic rings. The van der Waals surface area contributed by atoms with Gasteiger partial charge in [-0.25, -0.2) is 0 Å². The fraction of sp³-hybridized carbons (Fsp3) is 0.100. The molecule has 24 heavy (non-hydrogen) atoms. The SMILES string of the molecule is Cc1ccc(-c2cc(-c3cccc(Cl)c3)c(C#N)c(=O)[nH]2)c(C)c1. The first-order valence-corrected chi connectivity index (χ1v) is 7.88. The lowest BCUT2D eigenvalue weighted by atomic mass is 9.97. The van der Waals surface area contributed by atoms with Crippen LogP contribution in [0.25, 0.3) is 22.4 Å². The zero-order chi connectivity index (χ0) is 17.3. The van der Waals surface area contributed by atoms with E-state index >= 15 is 0 Å². The van der Waals surface area contributed by atoms with Crippen molar-refractivity contribution in [3.63, 3.8) is 0 Å². The Balaban J connectivity index is 2.28. The summed E-state index contributed by atoms with van der Waals surface area (Å²) < 4.78 is 0. The van der Waals surface area contributed by atoms with Gasteiger partial charge in [-0.1, -0.05) is 47.5 Å². The van der Waals surface area contributed by atoms with Gasteiger partial charge >= 0.3 is 0 Å². The van der Waals surface area contributed by atoms with Crippen molar-refractivity contribution in [3.05, 3.63) is 80.6 Å². The number of nitrogens with one attached hydrogen (secondary N) is 1. The molecule has 0 fully saturated rings. The van der Waals surface area contributed by atoms with Crippen LogP contribution in [0.15, 0.2) is 53.3 Å². The number of nitriles is 1. The van der Waals surface area contributed by atoms with Gasteiger partial charge in [0, 0.05) is 21.8 Å². The number of rotatable bonds is 2. The van der Waals surface area contributed by atoms with Crippen LogP contribution in [0.5, 0.6) is 0 Å². The van der Waals surface area contributed by atoms with E-state index in [1.807, 2.05) is 44.2 Å². The van der Waals surface area contributed by atoms with Gasteiger partial charge in [-0.15, -0.1) is 0 Å². The second-order valence-electron chi connectivity index (χ2n) is 5.74. The highest BCUT2D eigenvalue weighted by Crippen LogP contribution is 2.29. The first-order chi connectivity index (χ1) is 11.5. The van der Waals surface area contributed by atoms with Crippen LogP contribution < -0.4 is 5.56 Å². The number of pyridine rings is 1. The minimum atomic E-state index is -0.398. The van der Waals surface area contributed by atoms with Crippen molar-refractivity contribution < 1.29 is 0 Å². The van der Waals surface area contributed by atoms with Crippen LogP contribution in [-0.2, 0) is 0 Å². The first kappa shape index (κ1) is 16.0. The molecule has 1 aromatic heterocycles. The van der Waals surface area contributed by atoms with E-state index in [1.165, 1.54) is 0 Å². The van der Waals surface area contributed by atoms with Crippen molar-refractivity contribution in [2.24, 2.45) is 0 Å². The molecule has 0 aliphatic carbocycles. The summed E-state index contributed by atoms with van der Waals surface area (Å²) in [5.74, 6) is 0. The molecule has 0 radical (unpaired) electrons. The standard InChI is InChI=1S/C20H15ClN2O/c1-12-6-7-16(13(2)8-12)19-10-17(18(11-22)20(24)23-19)14-4-3-5-15(21)9-14/h3-10H,1-2H3,(H,23,24). The van der Waals surface area contributed by atoms with E-state index in [0.29, 0.717) is 16.3 Å². The number of aryl methyl sites for hydroxylation is 2. The second kappa shape index (κ2) is 6.35. The number of aromatic amines is 1. The van der Waals surface area contributed by atoms with Crippen LogP contribution in [0, 0.1) is 25.2 Å². The average molecular weight is 335 g/mol. The highest BCUT2D eigenvalue weighted by molar-refractivity contribution is 6.30. The van der Waals surface area contributed by atoms with E-state index in [4.69, 9.17) is 11.6 Å². The molecule has 0 saturated carbocycles. The van der Waals surface area contributed by atoms with Gasteiger partial charge in [0.25, 0.3) is 5.56 Å². The largest absolute Gasteiger partial charge is 0.321 e. The van der Waals surface area contributed by atoms with E-state index in [0.717, 1.165) is 22.3 Å². The molecule has 1 heterocycles. The predicted molar refractivity (Wildman–Crippen MR) is 97.1 cm³/mol. The van der Waals surface area contributed by atoms with Gasteiger partial charge in [0.1, 0.15) is 11.6 Å². The Morgan fingerprint density at radius 1 is 1.04 bits per heavy atom. The number of aromatic nitrogens is 1. The summed E-state index contributed by atoms with van der Waals surface area (Å²) in [6.45, 7) is 4.02. The molecule has 0 bridgehead atoms. The van der Waals surface area contributed by atoms with Crippen LogP contribution in [0.3, 0.4) is 0 Å². The number of nitrogens with zero attached hydrogens (tertiary/aromatic N) is 1. The number of halogens is 1. The molecule has 0 amide bonds. The Morgan fingerprint density at radius 3 is 2.50 bits per heavy atom.